The summed E-state index contributed by atoms with van der Waals surface area (Å²) in [7, 11) is 5.59. The summed E-state index contributed by atoms with van der Waals surface area (Å²) in [6.45, 7) is 2.47. The molecule has 0 radical (unpaired) electrons. The molecule has 2 aromatic rings. The third kappa shape index (κ3) is 7.79. The van der Waals surface area contributed by atoms with E-state index in [4.69, 9.17) is 4.74 Å². The van der Waals surface area contributed by atoms with Crippen LogP contribution >= 0.6 is 11.8 Å². The number of amides is 2. The molecule has 0 unspecified atom stereocenters. The molecule has 0 saturated carbocycles. The summed E-state index contributed by atoms with van der Waals surface area (Å²) in [5.74, 6) is 1.08. The van der Waals surface area contributed by atoms with Crippen LogP contribution in [0.1, 0.15) is 17.2 Å². The maximum atomic E-state index is 12.2. The molecule has 2 N–H and O–H groups in total. The Morgan fingerprint density at radius 3 is 2.38 bits per heavy atom. The Morgan fingerprint density at radius 2 is 1.76 bits per heavy atom. The lowest BCUT2D eigenvalue weighted by atomic mass is 10.1. The standard InChI is InChI=1S/C22H29N3O3S/c1-16-6-5-7-18(12-16)24-22(27)15-29-14-21(26)23-13-20(25(2)3)17-8-10-19(28-4)11-9-17/h5-12,20H,13-15H2,1-4H3,(H,23,26)(H,24,27)/t20-/m0/s1. The normalized spacial score (nSPS) is 11.8. The fourth-order valence-electron chi connectivity index (χ4n) is 2.84. The maximum Gasteiger partial charge on any atom is 0.234 e. The largest absolute Gasteiger partial charge is 0.497 e. The molecular weight excluding hydrogens is 386 g/mol. The van der Waals surface area contributed by atoms with Crippen LogP contribution in [0.5, 0.6) is 5.75 Å². The van der Waals surface area contributed by atoms with Crippen molar-refractivity contribution in [2.24, 2.45) is 0 Å². The van der Waals surface area contributed by atoms with Crippen LogP contribution in [0, 0.1) is 6.92 Å². The zero-order chi connectivity index (χ0) is 21.2. The Labute approximate surface area is 177 Å². The quantitative estimate of drug-likeness (QED) is 0.624. The van der Waals surface area contributed by atoms with Gasteiger partial charge in [0.1, 0.15) is 5.75 Å². The van der Waals surface area contributed by atoms with Crippen LogP contribution in [-0.2, 0) is 9.59 Å². The van der Waals surface area contributed by atoms with Crippen molar-refractivity contribution in [1.82, 2.24) is 10.2 Å². The summed E-state index contributed by atoms with van der Waals surface area (Å²) in [6, 6.07) is 15.5. The van der Waals surface area contributed by atoms with Gasteiger partial charge in [0.15, 0.2) is 0 Å². The number of benzene rings is 2. The van der Waals surface area contributed by atoms with Gasteiger partial charge in [-0.25, -0.2) is 0 Å². The van der Waals surface area contributed by atoms with Crippen molar-refractivity contribution in [3.63, 3.8) is 0 Å². The van der Waals surface area contributed by atoms with E-state index >= 15 is 0 Å². The second kappa shape index (κ2) is 11.5. The van der Waals surface area contributed by atoms with Gasteiger partial charge < -0.3 is 20.3 Å². The number of thioether (sulfide) groups is 1. The van der Waals surface area contributed by atoms with E-state index in [1.54, 1.807) is 7.11 Å². The highest BCUT2D eigenvalue weighted by Gasteiger charge is 2.15. The zero-order valence-electron chi connectivity index (χ0n) is 17.4. The third-order valence-electron chi connectivity index (χ3n) is 4.38. The second-order valence-corrected chi connectivity index (χ2v) is 7.95. The smallest absolute Gasteiger partial charge is 0.234 e. The number of carbonyl (C=O) groups is 2. The van der Waals surface area contributed by atoms with Crippen LogP contribution in [0.2, 0.25) is 0 Å². The van der Waals surface area contributed by atoms with Gasteiger partial charge in [0.25, 0.3) is 0 Å². The van der Waals surface area contributed by atoms with Crippen molar-refractivity contribution >= 4 is 29.3 Å². The molecule has 6 nitrogen and oxygen atoms in total. The van der Waals surface area contributed by atoms with Crippen LogP contribution in [0.4, 0.5) is 5.69 Å². The van der Waals surface area contributed by atoms with Crippen LogP contribution < -0.4 is 15.4 Å². The summed E-state index contributed by atoms with van der Waals surface area (Å²) in [5.41, 5.74) is 2.96. The van der Waals surface area contributed by atoms with Crippen LogP contribution in [-0.4, -0.2) is 56.0 Å². The lowest BCUT2D eigenvalue weighted by Crippen LogP contribution is -2.35. The first kappa shape index (κ1) is 22.8. The van der Waals surface area contributed by atoms with Crippen molar-refractivity contribution in [2.75, 3.05) is 44.6 Å². The van der Waals surface area contributed by atoms with Gasteiger partial charge in [-0.1, -0.05) is 24.3 Å². The second-order valence-electron chi connectivity index (χ2n) is 6.97. The number of hydrogen-bond acceptors (Lipinski definition) is 5. The lowest BCUT2D eigenvalue weighted by Gasteiger charge is -2.25. The number of ether oxygens (including phenoxy) is 1. The van der Waals surface area contributed by atoms with Gasteiger partial charge in [-0.15, -0.1) is 11.8 Å². The monoisotopic (exact) mass is 415 g/mol. The minimum atomic E-state index is -0.113. The number of aryl methyl sites for hydroxylation is 1. The number of nitrogens with zero attached hydrogens (tertiary/aromatic N) is 1. The molecule has 0 aliphatic heterocycles. The molecule has 1 atom stereocenters. The minimum Gasteiger partial charge on any atom is -0.497 e. The molecule has 7 heteroatoms. The van der Waals surface area contributed by atoms with Gasteiger partial charge in [0.05, 0.1) is 24.7 Å². The fraction of sp³-hybridized carbons (Fsp3) is 0.364. The number of nitrogens with one attached hydrogen (secondary N) is 2. The average Bonchev–Trinajstić information content (AvgIpc) is 2.68. The van der Waals surface area contributed by atoms with Crippen LogP contribution in [0.25, 0.3) is 0 Å². The molecule has 0 aliphatic rings. The van der Waals surface area contributed by atoms with E-state index in [1.165, 1.54) is 11.8 Å². The maximum absolute atomic E-state index is 12.2. The number of methoxy groups -OCH3 is 1. The number of carbonyl (C=O) groups excluding carboxylic acids is 2. The van der Waals surface area contributed by atoms with Gasteiger partial charge >= 0.3 is 0 Å². The van der Waals surface area contributed by atoms with Crippen LogP contribution in [0.15, 0.2) is 48.5 Å². The van der Waals surface area contributed by atoms with E-state index in [2.05, 4.69) is 15.5 Å². The first-order valence-electron chi connectivity index (χ1n) is 9.40. The number of likely N-dealkylation sites (N-methyl/N-ethyl adjacent to an activating group) is 1. The van der Waals surface area contributed by atoms with Crippen molar-refractivity contribution < 1.29 is 14.3 Å². The van der Waals surface area contributed by atoms with Crippen molar-refractivity contribution in [3.8, 4) is 5.75 Å². The average molecular weight is 416 g/mol. The van der Waals surface area contributed by atoms with E-state index in [0.717, 1.165) is 22.6 Å². The Morgan fingerprint density at radius 1 is 1.07 bits per heavy atom. The topological polar surface area (TPSA) is 70.7 Å². The third-order valence-corrected chi connectivity index (χ3v) is 5.32. The highest BCUT2D eigenvalue weighted by Crippen LogP contribution is 2.20. The van der Waals surface area contributed by atoms with Gasteiger partial charge in [-0.3, -0.25) is 9.59 Å². The van der Waals surface area contributed by atoms with E-state index in [9.17, 15) is 9.59 Å². The highest BCUT2D eigenvalue weighted by atomic mass is 32.2. The molecule has 2 amide bonds. The summed E-state index contributed by atoms with van der Waals surface area (Å²) < 4.78 is 5.20. The zero-order valence-corrected chi connectivity index (χ0v) is 18.2. The minimum absolute atomic E-state index is 0.0551. The first-order valence-corrected chi connectivity index (χ1v) is 10.6. The lowest BCUT2D eigenvalue weighted by molar-refractivity contribution is -0.118. The molecule has 2 rings (SSSR count). The predicted molar refractivity (Wildman–Crippen MR) is 120 cm³/mol. The Bertz CT molecular complexity index is 809. The molecule has 0 heterocycles. The van der Waals surface area contributed by atoms with Crippen molar-refractivity contribution in [3.05, 3.63) is 59.7 Å². The number of hydrogen-bond donors (Lipinski definition) is 2. The molecule has 156 valence electrons. The van der Waals surface area contributed by atoms with Gasteiger partial charge in [0.2, 0.25) is 11.8 Å². The molecule has 0 aromatic heterocycles. The highest BCUT2D eigenvalue weighted by molar-refractivity contribution is 8.00. The summed E-state index contributed by atoms with van der Waals surface area (Å²) in [5, 5.41) is 5.80. The SMILES string of the molecule is COc1ccc([C@H](CNC(=O)CSCC(=O)Nc2cccc(C)c2)N(C)C)cc1. The molecular formula is C22H29N3O3S. The molecule has 0 aliphatic carbocycles. The Balaban J connectivity index is 1.75. The van der Waals surface area contributed by atoms with Crippen molar-refractivity contribution in [1.29, 1.82) is 0 Å². The summed E-state index contributed by atoms with van der Waals surface area (Å²) in [4.78, 5) is 26.3. The Hall–Kier alpha value is -2.51. The summed E-state index contributed by atoms with van der Waals surface area (Å²) in [6.07, 6.45) is 0. The van der Waals surface area contributed by atoms with E-state index in [0.29, 0.717) is 6.54 Å². The molecule has 2 aromatic carbocycles. The first-order chi connectivity index (χ1) is 13.9. The molecule has 29 heavy (non-hydrogen) atoms. The molecule has 0 saturated heterocycles. The summed E-state index contributed by atoms with van der Waals surface area (Å²) >= 11 is 1.30. The van der Waals surface area contributed by atoms with Crippen molar-refractivity contribution in [2.45, 2.75) is 13.0 Å². The number of anilines is 1. The van der Waals surface area contributed by atoms with E-state index in [-0.39, 0.29) is 29.4 Å². The van der Waals surface area contributed by atoms with Gasteiger partial charge in [-0.05, 0) is 56.4 Å². The Kier molecular flexibility index (Phi) is 9.02. The molecule has 0 fully saturated rings. The van der Waals surface area contributed by atoms with Gasteiger partial charge in [0, 0.05) is 12.2 Å². The number of rotatable bonds is 10. The predicted octanol–water partition coefficient (Wildman–Crippen LogP) is 3.09. The van der Waals surface area contributed by atoms with Crippen LogP contribution in [0.3, 0.4) is 0 Å². The van der Waals surface area contributed by atoms with E-state index < -0.39 is 0 Å². The molecule has 0 bridgehead atoms. The van der Waals surface area contributed by atoms with E-state index in [1.807, 2.05) is 69.6 Å². The molecule has 0 spiro atoms. The fourth-order valence-corrected chi connectivity index (χ4v) is 3.49. The van der Waals surface area contributed by atoms with Gasteiger partial charge in [-0.2, -0.15) is 0 Å².